The predicted molar refractivity (Wildman–Crippen MR) is 133 cm³/mol. The lowest BCUT2D eigenvalue weighted by Gasteiger charge is -2.27. The van der Waals surface area contributed by atoms with Crippen molar-refractivity contribution in [3.05, 3.63) is 52.8 Å². The van der Waals surface area contributed by atoms with E-state index in [-0.39, 0.29) is 22.7 Å². The summed E-state index contributed by atoms with van der Waals surface area (Å²) < 4.78 is 51.9. The number of para-hydroxylation sites is 1. The van der Waals surface area contributed by atoms with E-state index < -0.39 is 62.3 Å². The molecule has 0 bridgehead atoms. The average Bonchev–Trinajstić information content (AvgIpc) is 3.38. The maximum Gasteiger partial charge on any atom is 0.459 e. The summed E-state index contributed by atoms with van der Waals surface area (Å²) in [7, 11) is -4.51. The van der Waals surface area contributed by atoms with Gasteiger partial charge in [-0.1, -0.05) is 18.2 Å². The highest BCUT2D eigenvalue weighted by Gasteiger charge is 2.57. The minimum absolute atomic E-state index is 0.0186. The number of aryl methyl sites for hydroxylation is 1. The summed E-state index contributed by atoms with van der Waals surface area (Å²) in [6, 6.07) is 6.58. The number of nitrogens with one attached hydrogen (secondary N) is 2. The van der Waals surface area contributed by atoms with Gasteiger partial charge in [0.1, 0.15) is 36.4 Å². The van der Waals surface area contributed by atoms with Gasteiger partial charge in [-0.2, -0.15) is 5.09 Å². The molecule has 1 aliphatic heterocycles. The molecule has 2 aromatic heterocycles. The number of H-pyrrole nitrogens is 1. The number of alkyl halides is 1. The van der Waals surface area contributed by atoms with Crippen LogP contribution in [0.25, 0.3) is 11.2 Å². The summed E-state index contributed by atoms with van der Waals surface area (Å²) >= 11 is 0. The summed E-state index contributed by atoms with van der Waals surface area (Å²) in [4.78, 5) is 35.0. The quantitative estimate of drug-likeness (QED) is 0.204. The van der Waals surface area contributed by atoms with E-state index in [1.54, 1.807) is 32.0 Å². The molecule has 0 aliphatic carbocycles. The van der Waals surface area contributed by atoms with Crippen molar-refractivity contribution < 1.29 is 42.5 Å². The van der Waals surface area contributed by atoms with Gasteiger partial charge in [0.15, 0.2) is 17.4 Å². The van der Waals surface area contributed by atoms with Crippen LogP contribution in [0.1, 0.15) is 32.8 Å². The number of hydrogen-bond donors (Lipinski definition) is 4. The van der Waals surface area contributed by atoms with Crippen LogP contribution in [0.5, 0.6) is 5.75 Å². The van der Waals surface area contributed by atoms with Gasteiger partial charge in [0.2, 0.25) is 0 Å². The van der Waals surface area contributed by atoms with Gasteiger partial charge in [-0.15, -0.1) is 0 Å². The Labute approximate surface area is 221 Å². The number of esters is 1. The van der Waals surface area contributed by atoms with E-state index in [4.69, 9.17) is 18.5 Å². The second-order valence-electron chi connectivity index (χ2n) is 9.22. The monoisotopic (exact) mass is 569 g/mol. The van der Waals surface area contributed by atoms with Gasteiger partial charge in [0.25, 0.3) is 11.4 Å². The molecule has 0 amide bonds. The lowest BCUT2D eigenvalue weighted by atomic mass is 10.1. The van der Waals surface area contributed by atoms with Gasteiger partial charge in [-0.3, -0.25) is 18.7 Å². The van der Waals surface area contributed by atoms with Crippen LogP contribution in [0.4, 0.5) is 4.39 Å². The van der Waals surface area contributed by atoms with Gasteiger partial charge < -0.3 is 29.2 Å². The van der Waals surface area contributed by atoms with E-state index in [9.17, 15) is 24.4 Å². The fourth-order valence-electron chi connectivity index (χ4n) is 3.82. The number of imidazole rings is 1. The Bertz CT molecular complexity index is 1430. The van der Waals surface area contributed by atoms with Gasteiger partial charge in [0.05, 0.1) is 12.4 Å². The molecular weight excluding hydrogens is 540 g/mol. The summed E-state index contributed by atoms with van der Waals surface area (Å²) in [6.07, 6.45) is -4.97. The predicted octanol–water partition coefficient (Wildman–Crippen LogP) is 1.48. The minimum atomic E-state index is -4.51. The molecule has 0 saturated carbocycles. The Morgan fingerprint density at radius 3 is 2.67 bits per heavy atom. The van der Waals surface area contributed by atoms with E-state index in [1.807, 2.05) is 0 Å². The summed E-state index contributed by atoms with van der Waals surface area (Å²) in [6.45, 7) is 4.93. The zero-order chi connectivity index (χ0) is 28.5. The molecule has 2 unspecified atom stereocenters. The summed E-state index contributed by atoms with van der Waals surface area (Å²) in [5.41, 5.74) is -0.671. The maximum absolute atomic E-state index is 15.9. The highest BCUT2D eigenvalue weighted by molar-refractivity contribution is 7.52. The lowest BCUT2D eigenvalue weighted by molar-refractivity contribution is -0.202. The number of carbonyl (C=O) groups is 1. The first kappa shape index (κ1) is 28.8. The minimum Gasteiger partial charge on any atom is -0.462 e. The topological polar surface area (TPSA) is 187 Å². The van der Waals surface area contributed by atoms with Crippen molar-refractivity contribution in [2.24, 2.45) is 0 Å². The number of aromatic nitrogens is 4. The zero-order valence-electron chi connectivity index (χ0n) is 21.5. The Morgan fingerprint density at radius 1 is 1.31 bits per heavy atom. The third kappa shape index (κ3) is 6.19. The molecule has 1 aromatic carbocycles. The highest BCUT2D eigenvalue weighted by atomic mass is 31.2. The number of benzene rings is 1. The molecule has 3 heterocycles. The van der Waals surface area contributed by atoms with Crippen LogP contribution in [0, 0.1) is 6.92 Å². The van der Waals surface area contributed by atoms with Crippen molar-refractivity contribution in [3.63, 3.8) is 0 Å². The van der Waals surface area contributed by atoms with Crippen molar-refractivity contribution >= 4 is 24.9 Å². The number of rotatable bonds is 10. The van der Waals surface area contributed by atoms with E-state index in [0.29, 0.717) is 0 Å². The van der Waals surface area contributed by atoms with Crippen LogP contribution >= 0.6 is 7.75 Å². The second-order valence-corrected chi connectivity index (χ2v) is 10.9. The summed E-state index contributed by atoms with van der Waals surface area (Å²) in [5.74, 6) is -3.56. The van der Waals surface area contributed by atoms with Gasteiger partial charge in [0, 0.05) is 0 Å². The lowest BCUT2D eigenvalue weighted by Crippen LogP contribution is -2.44. The molecule has 212 valence electrons. The van der Waals surface area contributed by atoms with E-state index >= 15 is 4.39 Å². The third-order valence-electron chi connectivity index (χ3n) is 5.66. The fourth-order valence-corrected chi connectivity index (χ4v) is 5.33. The molecule has 1 aliphatic rings. The molecule has 4 N–H and O–H groups in total. The van der Waals surface area contributed by atoms with Crippen molar-refractivity contribution in [2.45, 2.75) is 64.1 Å². The van der Waals surface area contributed by atoms with Crippen LogP contribution in [0.15, 0.2) is 41.5 Å². The zero-order valence-corrected chi connectivity index (χ0v) is 22.4. The normalized spacial score (nSPS) is 25.5. The second kappa shape index (κ2) is 11.1. The number of fused-ring (bicyclic) bond motifs is 1. The molecule has 4 rings (SSSR count). The molecule has 39 heavy (non-hydrogen) atoms. The Morgan fingerprint density at radius 2 is 2.00 bits per heavy atom. The largest absolute Gasteiger partial charge is 0.462 e. The number of ether oxygens (including phenoxy) is 2. The van der Waals surface area contributed by atoms with Crippen molar-refractivity contribution in [2.75, 3.05) is 6.61 Å². The number of nitrogens with zero attached hydrogens (tertiary/aromatic N) is 3. The standard InChI is InChI=1S/C23H29FN5O9P/c1-12(2)36-22(33)13(3)28-39(34,38-15-8-6-5-7-9-15)35-10-23(24)18(31)17(30)21(37-23)29-11-25-16-19(29)26-14(4)27-20(16)32/h5-9,11-13,17-18,21,30-31H,10H2,1-4H3,(H,28,34)(H,26,27,32)/t13-,17+,18-,21?,23+,39?/m0/s1. The van der Waals surface area contributed by atoms with Crippen molar-refractivity contribution in [3.8, 4) is 5.75 Å². The van der Waals surface area contributed by atoms with E-state index in [1.165, 1.54) is 26.0 Å². The SMILES string of the molecule is Cc1nc2c(ncn2C2O[C@](F)(COP(=O)(N[C@@H](C)C(=O)OC(C)C)Oc3ccccc3)[C@@H](O)[C@H]2O)c(=O)[nH]1. The number of carbonyl (C=O) groups excluding carboxylic acids is 1. The first-order valence-corrected chi connectivity index (χ1v) is 13.5. The Hall–Kier alpha value is -3.20. The first-order chi connectivity index (χ1) is 18.3. The molecule has 0 spiro atoms. The van der Waals surface area contributed by atoms with E-state index in [0.717, 1.165) is 10.9 Å². The third-order valence-corrected chi connectivity index (χ3v) is 7.28. The van der Waals surface area contributed by atoms with Gasteiger partial charge >= 0.3 is 13.7 Å². The number of hydrogen-bond acceptors (Lipinski definition) is 11. The average molecular weight is 569 g/mol. The molecule has 14 nitrogen and oxygen atoms in total. The van der Waals surface area contributed by atoms with Crippen molar-refractivity contribution in [1.29, 1.82) is 0 Å². The van der Waals surface area contributed by atoms with Gasteiger partial charge in [-0.25, -0.2) is 18.9 Å². The number of aliphatic hydroxyl groups is 2. The highest BCUT2D eigenvalue weighted by Crippen LogP contribution is 2.48. The van der Waals surface area contributed by atoms with Crippen LogP contribution in [0.2, 0.25) is 0 Å². The Balaban J connectivity index is 1.57. The molecule has 3 aromatic rings. The number of aliphatic hydroxyl groups excluding tert-OH is 2. The molecule has 0 radical (unpaired) electrons. The maximum atomic E-state index is 15.9. The smallest absolute Gasteiger partial charge is 0.459 e. The van der Waals surface area contributed by atoms with Crippen LogP contribution < -0.4 is 15.2 Å². The molecular formula is C23H29FN5O9P. The molecule has 1 saturated heterocycles. The number of halogens is 1. The number of aromatic amines is 1. The van der Waals surface area contributed by atoms with E-state index in [2.05, 4.69) is 20.0 Å². The molecule has 16 heteroatoms. The van der Waals surface area contributed by atoms with Crippen molar-refractivity contribution in [1.82, 2.24) is 24.6 Å². The fraction of sp³-hybridized carbons (Fsp3) is 0.478. The van der Waals surface area contributed by atoms with Crippen LogP contribution in [0.3, 0.4) is 0 Å². The summed E-state index contributed by atoms with van der Waals surface area (Å²) in [5, 5.41) is 23.6. The first-order valence-electron chi connectivity index (χ1n) is 12.0. The van der Waals surface area contributed by atoms with Crippen LogP contribution in [-0.4, -0.2) is 72.5 Å². The Kier molecular flexibility index (Phi) is 8.21. The van der Waals surface area contributed by atoms with Crippen LogP contribution in [-0.2, 0) is 23.4 Å². The molecule has 1 fully saturated rings. The molecule has 6 atom stereocenters. The van der Waals surface area contributed by atoms with Gasteiger partial charge in [-0.05, 0) is 39.8 Å².